The number of hydrogen-bond acceptors (Lipinski definition) is 6. The summed E-state index contributed by atoms with van der Waals surface area (Å²) in [5.74, 6) is 2.10. The molecule has 1 aliphatic heterocycles. The first kappa shape index (κ1) is 18.8. The van der Waals surface area contributed by atoms with E-state index in [0.717, 1.165) is 57.0 Å². The number of nitrogens with zero attached hydrogens (tertiary/aromatic N) is 3. The molecule has 0 unspecified atom stereocenters. The minimum Gasteiger partial charge on any atom is -0.392 e. The second-order valence-corrected chi connectivity index (χ2v) is 7.59. The average Bonchev–Trinajstić information content (AvgIpc) is 3.02. The molecule has 2 aliphatic rings. The number of rotatable bonds is 6. The number of aromatic nitrogens is 3. The van der Waals surface area contributed by atoms with Gasteiger partial charge in [-0.1, -0.05) is 0 Å². The zero-order valence-electron chi connectivity index (χ0n) is 15.6. The first-order valence-corrected chi connectivity index (χ1v) is 9.54. The van der Waals surface area contributed by atoms with E-state index in [0.29, 0.717) is 18.6 Å². The van der Waals surface area contributed by atoms with Crippen LogP contribution in [0.25, 0.3) is 0 Å². The van der Waals surface area contributed by atoms with Crippen molar-refractivity contribution in [2.75, 3.05) is 20.3 Å². The predicted molar refractivity (Wildman–Crippen MR) is 94.5 cm³/mol. The molecule has 0 amide bonds. The Balaban J connectivity index is 1.71. The maximum Gasteiger partial charge on any atom is 0.176 e. The zero-order chi connectivity index (χ0) is 17.8. The second-order valence-electron chi connectivity index (χ2n) is 7.59. The van der Waals surface area contributed by atoms with Crippen LogP contribution in [0.4, 0.5) is 0 Å². The van der Waals surface area contributed by atoms with Crippen molar-refractivity contribution in [2.45, 2.75) is 82.7 Å². The Bertz CT molecular complexity index is 542. The highest BCUT2D eigenvalue weighted by atomic mass is 16.5. The molecule has 0 spiro atoms. The number of aliphatic hydroxyl groups excluding tert-OH is 1. The molecule has 0 aromatic carbocycles. The number of methoxy groups -OCH3 is 1. The summed E-state index contributed by atoms with van der Waals surface area (Å²) >= 11 is 0. The molecule has 25 heavy (non-hydrogen) atoms. The van der Waals surface area contributed by atoms with Gasteiger partial charge in [-0.25, -0.2) is 9.67 Å². The van der Waals surface area contributed by atoms with E-state index in [-0.39, 0.29) is 18.2 Å². The topological polar surface area (TPSA) is 81.4 Å². The van der Waals surface area contributed by atoms with Gasteiger partial charge in [-0.3, -0.25) is 0 Å². The van der Waals surface area contributed by atoms with Gasteiger partial charge in [0.2, 0.25) is 0 Å². The molecule has 0 radical (unpaired) electrons. The Morgan fingerprint density at radius 2 is 2.04 bits per heavy atom. The Morgan fingerprint density at radius 1 is 1.28 bits per heavy atom. The molecule has 1 aromatic rings. The minimum atomic E-state index is -0.284. The van der Waals surface area contributed by atoms with Crippen molar-refractivity contribution in [3.63, 3.8) is 0 Å². The van der Waals surface area contributed by atoms with E-state index in [1.807, 2.05) is 4.68 Å². The van der Waals surface area contributed by atoms with Crippen LogP contribution in [0.1, 0.15) is 69.6 Å². The van der Waals surface area contributed by atoms with Gasteiger partial charge in [0.05, 0.1) is 6.10 Å². The fraction of sp³-hybridized carbons (Fsp3) is 0.889. The van der Waals surface area contributed by atoms with E-state index in [9.17, 15) is 5.11 Å². The summed E-state index contributed by atoms with van der Waals surface area (Å²) in [5.41, 5.74) is 0. The van der Waals surface area contributed by atoms with Crippen LogP contribution in [0, 0.1) is 0 Å². The highest BCUT2D eigenvalue weighted by Gasteiger charge is 2.34. The van der Waals surface area contributed by atoms with Gasteiger partial charge < -0.3 is 19.9 Å². The molecular formula is C18H32N4O3. The summed E-state index contributed by atoms with van der Waals surface area (Å²) in [6.45, 7) is 6.32. The quantitative estimate of drug-likeness (QED) is 0.812. The third-order valence-electron chi connectivity index (χ3n) is 5.31. The maximum absolute atomic E-state index is 10.5. The van der Waals surface area contributed by atoms with Gasteiger partial charge in [-0.15, -0.1) is 0 Å². The van der Waals surface area contributed by atoms with Crippen molar-refractivity contribution >= 4 is 0 Å². The molecule has 1 saturated carbocycles. The van der Waals surface area contributed by atoms with Crippen molar-refractivity contribution in [3.8, 4) is 0 Å². The second kappa shape index (κ2) is 8.58. The van der Waals surface area contributed by atoms with Gasteiger partial charge in [0, 0.05) is 44.4 Å². The van der Waals surface area contributed by atoms with Crippen molar-refractivity contribution in [2.24, 2.45) is 0 Å². The molecule has 142 valence electrons. The summed E-state index contributed by atoms with van der Waals surface area (Å²) in [7, 11) is 1.67. The van der Waals surface area contributed by atoms with E-state index < -0.39 is 0 Å². The lowest BCUT2D eigenvalue weighted by molar-refractivity contribution is 0.0443. The smallest absolute Gasteiger partial charge is 0.176 e. The fourth-order valence-corrected chi connectivity index (χ4v) is 3.97. The third-order valence-corrected chi connectivity index (χ3v) is 5.31. The average molecular weight is 352 g/mol. The molecule has 3 atom stereocenters. The molecule has 7 nitrogen and oxygen atoms in total. The van der Waals surface area contributed by atoms with Crippen LogP contribution in [0.2, 0.25) is 0 Å². The van der Waals surface area contributed by atoms with E-state index in [1.165, 1.54) is 0 Å². The van der Waals surface area contributed by atoms with Crippen LogP contribution in [0.5, 0.6) is 0 Å². The maximum atomic E-state index is 10.5. The molecule has 1 aliphatic carbocycles. The molecule has 2 fully saturated rings. The van der Waals surface area contributed by atoms with Gasteiger partial charge in [0.15, 0.2) is 5.82 Å². The van der Waals surface area contributed by atoms with Gasteiger partial charge in [0.1, 0.15) is 12.4 Å². The largest absolute Gasteiger partial charge is 0.392 e. The standard InChI is InChI=1S/C18H32N4O3/c1-12(2)22-18(20-17(21-22)11-24-3)13-4-5-16(23)15(10-13)19-14-6-8-25-9-7-14/h12-16,19,23H,4-11H2,1-3H3/t13-,15+,16+/m0/s1. The number of ether oxygens (including phenoxy) is 2. The van der Waals surface area contributed by atoms with Crippen LogP contribution in [-0.4, -0.2) is 58.4 Å². The molecule has 3 rings (SSSR count). The Labute approximate surface area is 150 Å². The summed E-state index contributed by atoms with van der Waals surface area (Å²) < 4.78 is 12.7. The number of hydrogen-bond donors (Lipinski definition) is 2. The lowest BCUT2D eigenvalue weighted by Crippen LogP contribution is -2.50. The van der Waals surface area contributed by atoms with Gasteiger partial charge in [0.25, 0.3) is 0 Å². The summed E-state index contributed by atoms with van der Waals surface area (Å²) in [5, 5.41) is 18.8. The van der Waals surface area contributed by atoms with Crippen LogP contribution >= 0.6 is 0 Å². The lowest BCUT2D eigenvalue weighted by atomic mass is 9.82. The molecule has 1 saturated heterocycles. The zero-order valence-corrected chi connectivity index (χ0v) is 15.6. The molecule has 1 aromatic heterocycles. The van der Waals surface area contributed by atoms with E-state index in [4.69, 9.17) is 14.5 Å². The van der Waals surface area contributed by atoms with E-state index in [1.54, 1.807) is 7.11 Å². The molecular weight excluding hydrogens is 320 g/mol. The summed E-state index contributed by atoms with van der Waals surface area (Å²) in [4.78, 5) is 4.75. The molecule has 2 N–H and O–H groups in total. The molecule has 0 bridgehead atoms. The highest BCUT2D eigenvalue weighted by molar-refractivity contribution is 5.06. The normalized spacial score (nSPS) is 28.6. The van der Waals surface area contributed by atoms with E-state index in [2.05, 4.69) is 24.3 Å². The molecule has 7 heteroatoms. The van der Waals surface area contributed by atoms with Crippen LogP contribution < -0.4 is 5.32 Å². The Hall–Kier alpha value is -1.02. The fourth-order valence-electron chi connectivity index (χ4n) is 3.97. The van der Waals surface area contributed by atoms with Crippen molar-refractivity contribution in [1.29, 1.82) is 0 Å². The Kier molecular flexibility index (Phi) is 6.44. The third kappa shape index (κ3) is 4.58. The predicted octanol–water partition coefficient (Wildman–Crippen LogP) is 1.77. The van der Waals surface area contributed by atoms with Crippen LogP contribution in [0.3, 0.4) is 0 Å². The van der Waals surface area contributed by atoms with Crippen LogP contribution in [-0.2, 0) is 16.1 Å². The first-order valence-electron chi connectivity index (χ1n) is 9.54. The molecule has 2 heterocycles. The number of nitrogens with one attached hydrogen (secondary N) is 1. The summed E-state index contributed by atoms with van der Waals surface area (Å²) in [6, 6.07) is 0.825. The van der Waals surface area contributed by atoms with E-state index >= 15 is 0 Å². The van der Waals surface area contributed by atoms with Gasteiger partial charge >= 0.3 is 0 Å². The van der Waals surface area contributed by atoms with Gasteiger partial charge in [-0.2, -0.15) is 5.10 Å². The van der Waals surface area contributed by atoms with Crippen LogP contribution in [0.15, 0.2) is 0 Å². The van der Waals surface area contributed by atoms with Gasteiger partial charge in [-0.05, 0) is 46.0 Å². The number of aliphatic hydroxyl groups is 1. The van der Waals surface area contributed by atoms with Crippen molar-refractivity contribution in [3.05, 3.63) is 11.6 Å². The monoisotopic (exact) mass is 352 g/mol. The van der Waals surface area contributed by atoms with Crippen molar-refractivity contribution < 1.29 is 14.6 Å². The lowest BCUT2D eigenvalue weighted by Gasteiger charge is -2.37. The van der Waals surface area contributed by atoms with Crippen molar-refractivity contribution in [1.82, 2.24) is 20.1 Å². The SMILES string of the molecule is COCc1nc([C@H]2CC[C@@H](O)[C@H](NC3CCOCC3)C2)n(C(C)C)n1. The minimum absolute atomic E-state index is 0.116. The first-order chi connectivity index (χ1) is 12.1. The Morgan fingerprint density at radius 3 is 2.72 bits per heavy atom. The summed E-state index contributed by atoms with van der Waals surface area (Å²) in [6.07, 6.45) is 4.41. The highest BCUT2D eigenvalue weighted by Crippen LogP contribution is 2.34.